The highest BCUT2D eigenvalue weighted by Crippen LogP contribution is 2.21. The molecule has 0 aliphatic carbocycles. The van der Waals surface area contributed by atoms with Crippen molar-refractivity contribution in [1.29, 1.82) is 0 Å². The molecule has 0 fully saturated rings. The van der Waals surface area contributed by atoms with E-state index in [-0.39, 0.29) is 10.8 Å². The molecule has 0 amide bonds. The first-order chi connectivity index (χ1) is 11.9. The number of aryl methyl sites for hydroxylation is 1. The van der Waals surface area contributed by atoms with E-state index in [1.54, 1.807) is 18.2 Å². The molecule has 11 heteroatoms. The lowest BCUT2D eigenvalue weighted by molar-refractivity contribution is 0.600. The summed E-state index contributed by atoms with van der Waals surface area (Å²) in [6, 6.07) is 5.12. The number of nitrogens with one attached hydrogen (secondary N) is 1. The van der Waals surface area contributed by atoms with Gasteiger partial charge in [-0.25, -0.2) is 17.8 Å². The molecule has 25 heavy (non-hydrogen) atoms. The Morgan fingerprint density at radius 2 is 2.04 bits per heavy atom. The van der Waals surface area contributed by atoms with Crippen LogP contribution in [0.15, 0.2) is 41.8 Å². The van der Waals surface area contributed by atoms with E-state index >= 15 is 0 Å². The lowest BCUT2D eigenvalue weighted by Gasteiger charge is -2.04. The summed E-state index contributed by atoms with van der Waals surface area (Å²) < 4.78 is 29.9. The summed E-state index contributed by atoms with van der Waals surface area (Å²) >= 11 is 12.0. The number of benzene rings is 1. The molecular formula is C14H14Cl2N6O2S. The van der Waals surface area contributed by atoms with Gasteiger partial charge in [-0.2, -0.15) is 10.1 Å². The van der Waals surface area contributed by atoms with Gasteiger partial charge in [-0.05, 0) is 24.6 Å². The maximum atomic E-state index is 12.3. The molecule has 0 unspecified atom stereocenters. The summed E-state index contributed by atoms with van der Waals surface area (Å²) in [5, 5.41) is 9.08. The molecule has 0 saturated carbocycles. The molecule has 0 aliphatic heterocycles. The number of halogens is 2. The molecular weight excluding hydrogens is 387 g/mol. The van der Waals surface area contributed by atoms with Crippen molar-refractivity contribution in [2.45, 2.75) is 24.9 Å². The Hall–Kier alpha value is -2.10. The van der Waals surface area contributed by atoms with Gasteiger partial charge in [0.2, 0.25) is 0 Å². The van der Waals surface area contributed by atoms with Crippen molar-refractivity contribution in [2.24, 2.45) is 0 Å². The Balaban J connectivity index is 1.75. The van der Waals surface area contributed by atoms with E-state index in [0.717, 1.165) is 5.56 Å². The van der Waals surface area contributed by atoms with Crippen LogP contribution in [0.5, 0.6) is 0 Å². The zero-order chi connectivity index (χ0) is 18.0. The van der Waals surface area contributed by atoms with Gasteiger partial charge in [0, 0.05) is 22.8 Å². The molecule has 1 aromatic carbocycles. The summed E-state index contributed by atoms with van der Waals surface area (Å²) in [6.07, 6.45) is 4.13. The van der Waals surface area contributed by atoms with Crippen LogP contribution in [0.3, 0.4) is 0 Å². The Morgan fingerprint density at radius 3 is 2.72 bits per heavy atom. The quantitative estimate of drug-likeness (QED) is 0.685. The second kappa shape index (κ2) is 7.03. The van der Waals surface area contributed by atoms with Gasteiger partial charge in [-0.1, -0.05) is 29.3 Å². The lowest BCUT2D eigenvalue weighted by atomic mass is 10.2. The summed E-state index contributed by atoms with van der Waals surface area (Å²) in [5.41, 5.74) is 0.787. The van der Waals surface area contributed by atoms with Crippen molar-refractivity contribution in [2.75, 3.05) is 4.72 Å². The normalized spacial score (nSPS) is 11.6. The molecule has 0 aliphatic rings. The Bertz CT molecular complexity index is 998. The third kappa shape index (κ3) is 4.12. The van der Waals surface area contributed by atoms with Gasteiger partial charge >= 0.3 is 0 Å². The topological polar surface area (TPSA) is 94.7 Å². The van der Waals surface area contributed by atoms with Crippen molar-refractivity contribution in [3.05, 3.63) is 52.5 Å². The first kappa shape index (κ1) is 17.7. The molecule has 0 bridgehead atoms. The van der Waals surface area contributed by atoms with Crippen molar-refractivity contribution in [1.82, 2.24) is 24.5 Å². The molecule has 0 spiro atoms. The van der Waals surface area contributed by atoms with Crippen LogP contribution in [0, 0.1) is 0 Å². The van der Waals surface area contributed by atoms with Crippen LogP contribution in [0.25, 0.3) is 0 Å². The Labute approximate surface area is 154 Å². The SMILES string of the molecule is CCn1cc(S(=O)(=O)Nc2ncn(Cc3ccc(Cl)cc3Cl)n2)cn1. The third-order valence-corrected chi connectivity index (χ3v) is 5.22. The van der Waals surface area contributed by atoms with E-state index in [1.165, 1.54) is 28.1 Å². The summed E-state index contributed by atoms with van der Waals surface area (Å²) in [4.78, 5) is 4.01. The van der Waals surface area contributed by atoms with E-state index in [9.17, 15) is 8.42 Å². The van der Waals surface area contributed by atoms with Gasteiger partial charge in [-0.15, -0.1) is 5.10 Å². The number of hydrogen-bond acceptors (Lipinski definition) is 5. The number of aromatic nitrogens is 5. The second-order valence-electron chi connectivity index (χ2n) is 5.14. The van der Waals surface area contributed by atoms with E-state index in [2.05, 4.69) is 19.9 Å². The fraction of sp³-hybridized carbons (Fsp3) is 0.214. The average Bonchev–Trinajstić information content (AvgIpc) is 3.19. The minimum Gasteiger partial charge on any atom is -0.272 e. The van der Waals surface area contributed by atoms with Crippen molar-refractivity contribution < 1.29 is 8.42 Å². The molecule has 3 aromatic rings. The van der Waals surface area contributed by atoms with E-state index < -0.39 is 10.0 Å². The highest BCUT2D eigenvalue weighted by atomic mass is 35.5. The van der Waals surface area contributed by atoms with E-state index in [1.807, 2.05) is 6.92 Å². The first-order valence-corrected chi connectivity index (χ1v) is 9.50. The van der Waals surface area contributed by atoms with E-state index in [0.29, 0.717) is 23.1 Å². The van der Waals surface area contributed by atoms with Crippen LogP contribution in [0.2, 0.25) is 10.0 Å². The monoisotopic (exact) mass is 400 g/mol. The third-order valence-electron chi connectivity index (χ3n) is 3.35. The van der Waals surface area contributed by atoms with Gasteiger partial charge in [0.1, 0.15) is 11.2 Å². The smallest absolute Gasteiger partial charge is 0.267 e. The summed E-state index contributed by atoms with van der Waals surface area (Å²) in [5.74, 6) is -0.0330. The minimum absolute atomic E-state index is 0.0330. The van der Waals surface area contributed by atoms with Crippen LogP contribution in [0.4, 0.5) is 5.95 Å². The zero-order valence-electron chi connectivity index (χ0n) is 13.1. The number of hydrogen-bond donors (Lipinski definition) is 1. The molecule has 3 rings (SSSR count). The van der Waals surface area contributed by atoms with Crippen LogP contribution < -0.4 is 4.72 Å². The van der Waals surface area contributed by atoms with E-state index in [4.69, 9.17) is 23.2 Å². The molecule has 8 nitrogen and oxygen atoms in total. The average molecular weight is 401 g/mol. The van der Waals surface area contributed by atoms with Crippen molar-refractivity contribution in [3.63, 3.8) is 0 Å². The molecule has 0 radical (unpaired) electrons. The second-order valence-corrected chi connectivity index (χ2v) is 7.66. The van der Waals surface area contributed by atoms with Crippen LogP contribution >= 0.6 is 23.2 Å². The highest BCUT2D eigenvalue weighted by Gasteiger charge is 2.18. The fourth-order valence-electron chi connectivity index (χ4n) is 2.08. The molecule has 2 aromatic heterocycles. The van der Waals surface area contributed by atoms with Crippen LogP contribution in [-0.4, -0.2) is 33.0 Å². The molecule has 0 saturated heterocycles. The van der Waals surface area contributed by atoms with Gasteiger partial charge in [0.25, 0.3) is 16.0 Å². The molecule has 0 atom stereocenters. The largest absolute Gasteiger partial charge is 0.272 e. The predicted octanol–water partition coefficient (Wildman–Crippen LogP) is 2.65. The number of rotatable bonds is 6. The van der Waals surface area contributed by atoms with Crippen LogP contribution in [0.1, 0.15) is 12.5 Å². The minimum atomic E-state index is -3.79. The zero-order valence-corrected chi connectivity index (χ0v) is 15.4. The van der Waals surface area contributed by atoms with Crippen molar-refractivity contribution >= 4 is 39.2 Å². The van der Waals surface area contributed by atoms with Gasteiger partial charge in [-0.3, -0.25) is 4.68 Å². The maximum Gasteiger partial charge on any atom is 0.267 e. The maximum absolute atomic E-state index is 12.3. The first-order valence-electron chi connectivity index (χ1n) is 7.26. The molecule has 1 N–H and O–H groups in total. The number of sulfonamides is 1. The lowest BCUT2D eigenvalue weighted by Crippen LogP contribution is -2.14. The van der Waals surface area contributed by atoms with Crippen molar-refractivity contribution in [3.8, 4) is 0 Å². The predicted molar refractivity (Wildman–Crippen MR) is 94.3 cm³/mol. The summed E-state index contributed by atoms with van der Waals surface area (Å²) in [6.45, 7) is 2.77. The van der Waals surface area contributed by atoms with Gasteiger partial charge < -0.3 is 0 Å². The highest BCUT2D eigenvalue weighted by molar-refractivity contribution is 7.92. The van der Waals surface area contributed by atoms with Gasteiger partial charge in [0.15, 0.2) is 0 Å². The fourth-order valence-corrected chi connectivity index (χ4v) is 3.44. The van der Waals surface area contributed by atoms with Crippen LogP contribution in [-0.2, 0) is 23.1 Å². The van der Waals surface area contributed by atoms with Gasteiger partial charge in [0.05, 0.1) is 12.7 Å². The Kier molecular flexibility index (Phi) is 4.98. The standard InChI is InChI=1S/C14H14Cl2N6O2S/c1-2-21-8-12(6-18-21)25(23,24)20-14-17-9-22(19-14)7-10-3-4-11(15)5-13(10)16/h3-6,8-9H,2,7H2,1H3,(H,19,20). The molecule has 132 valence electrons. The Morgan fingerprint density at radius 1 is 1.24 bits per heavy atom. The number of nitrogens with zero attached hydrogens (tertiary/aromatic N) is 5. The molecule has 2 heterocycles. The number of anilines is 1. The summed E-state index contributed by atoms with van der Waals surface area (Å²) in [7, 11) is -3.79.